The zero-order chi connectivity index (χ0) is 25.7. The average molecular weight is 509 g/mol. The summed E-state index contributed by atoms with van der Waals surface area (Å²) in [6.07, 6.45) is 4.14. The Morgan fingerprint density at radius 1 is 0.571 bits per heavy atom. The zero-order valence-electron chi connectivity index (χ0n) is 20.4. The number of fused-ring (bicyclic) bond motifs is 5. The van der Waals surface area contributed by atoms with Gasteiger partial charge in [0.05, 0.1) is 14.2 Å². The predicted molar refractivity (Wildman–Crippen MR) is 132 cm³/mol. The van der Waals surface area contributed by atoms with Crippen molar-refractivity contribution in [3.05, 3.63) is 79.6 Å². The molecule has 0 amide bonds. The molecule has 5 nitrogen and oxygen atoms in total. The summed E-state index contributed by atoms with van der Waals surface area (Å²) < 4.78 is 34.5. The number of hydrogen-bond acceptors (Lipinski definition) is 2. The zero-order valence-corrected chi connectivity index (χ0v) is 21.7. The molecule has 0 spiro atoms. The van der Waals surface area contributed by atoms with E-state index in [0.717, 1.165) is 37.2 Å². The smallest absolute Gasteiger partial charge is 0 e. The van der Waals surface area contributed by atoms with E-state index in [4.69, 9.17) is 23.4 Å². The van der Waals surface area contributed by atoms with Crippen molar-refractivity contribution in [1.82, 2.24) is 0 Å². The Hall–Kier alpha value is -2.99. The summed E-state index contributed by atoms with van der Waals surface area (Å²) in [7, 11) is 3.59. The summed E-state index contributed by atoms with van der Waals surface area (Å²) >= 11 is 0. The third-order valence-corrected chi connectivity index (χ3v) is 5.69. The fourth-order valence-corrected chi connectivity index (χ4v) is 4.69. The van der Waals surface area contributed by atoms with Crippen molar-refractivity contribution in [2.75, 3.05) is 14.2 Å². The Morgan fingerprint density at radius 2 is 0.857 bits per heavy atom. The number of hydrogen-bond donors (Lipinski definition) is 0. The Morgan fingerprint density at radius 3 is 1.11 bits per heavy atom. The van der Waals surface area contributed by atoms with E-state index in [1.165, 1.54) is 43.4 Å². The first-order valence-corrected chi connectivity index (χ1v) is 10.9. The van der Waals surface area contributed by atoms with Gasteiger partial charge in [-0.2, -0.15) is 0 Å². The van der Waals surface area contributed by atoms with Crippen molar-refractivity contribution in [1.29, 1.82) is 0 Å². The maximum absolute atomic E-state index is 7.50. The van der Waals surface area contributed by atoms with Crippen LogP contribution in [0.25, 0.3) is 32.3 Å². The van der Waals surface area contributed by atoms with E-state index < -0.39 is 0 Å². The molecule has 180 valence electrons. The molecule has 0 atom stereocenters. The fraction of sp³-hybridized carbons (Fsp3) is 0.276. The Bertz CT molecular complexity index is 1200. The molecule has 0 unspecified atom stereocenters. The minimum absolute atomic E-state index is 0. The van der Waals surface area contributed by atoms with Crippen molar-refractivity contribution in [3.63, 3.8) is 0 Å². The van der Waals surface area contributed by atoms with E-state index in [2.05, 4.69) is 82.3 Å². The van der Waals surface area contributed by atoms with Gasteiger partial charge in [0.1, 0.15) is 11.5 Å². The standard InChI is InChI=1S/C26H28O2.3CO.Cr/c1-5-11-21-23-17-13-7-10-16-20(17)26(28-4)22(12-6-2)24(23)18-14-8-9-15-19(18)25(21)27-3;3*1-2;/h7-10,13-16H,5-6,11-12H2,1-4H3;;;;. The van der Waals surface area contributed by atoms with Gasteiger partial charge in [-0.25, -0.2) is 0 Å². The average Bonchev–Trinajstić information content (AvgIpc) is 2.92. The van der Waals surface area contributed by atoms with Gasteiger partial charge in [0.25, 0.3) is 0 Å². The van der Waals surface area contributed by atoms with Crippen molar-refractivity contribution < 1.29 is 40.8 Å². The molecule has 4 aromatic rings. The van der Waals surface area contributed by atoms with Crippen molar-refractivity contribution >= 4 is 32.3 Å². The number of methoxy groups -OCH3 is 2. The molecule has 4 rings (SSSR count). The molecule has 0 aliphatic carbocycles. The number of rotatable bonds is 6. The molecule has 0 aromatic heterocycles. The van der Waals surface area contributed by atoms with Gasteiger partial charge < -0.3 is 9.47 Å². The van der Waals surface area contributed by atoms with Crippen LogP contribution < -0.4 is 9.47 Å². The number of aryl methyl sites for hydroxylation is 2. The second-order valence-electron chi connectivity index (χ2n) is 7.36. The number of ether oxygens (including phenoxy) is 2. The van der Waals surface area contributed by atoms with Crippen LogP contribution >= 0.6 is 0 Å². The van der Waals surface area contributed by atoms with E-state index in [9.17, 15) is 0 Å². The third kappa shape index (κ3) is 6.18. The van der Waals surface area contributed by atoms with Crippen molar-refractivity contribution in [2.24, 2.45) is 0 Å². The molecule has 0 fully saturated rings. The molecule has 0 aliphatic rings. The molecular weight excluding hydrogens is 480 g/mol. The molecule has 0 radical (unpaired) electrons. The molecule has 0 aliphatic heterocycles. The first kappa shape index (κ1) is 32.0. The van der Waals surface area contributed by atoms with E-state index in [0.29, 0.717) is 0 Å². The summed E-state index contributed by atoms with van der Waals surface area (Å²) in [5.41, 5.74) is 2.63. The van der Waals surface area contributed by atoms with Crippen LogP contribution in [0.1, 0.15) is 37.8 Å². The van der Waals surface area contributed by atoms with Crippen molar-refractivity contribution in [3.8, 4) is 11.5 Å². The molecule has 0 saturated heterocycles. The molecule has 0 heterocycles. The van der Waals surface area contributed by atoms with E-state index in [1.54, 1.807) is 14.2 Å². The quantitative estimate of drug-likeness (QED) is 0.160. The predicted octanol–water partition coefficient (Wildman–Crippen LogP) is 6.95. The molecular formula is C29H28CrO5. The Balaban J connectivity index is 0.00000154. The first-order valence-electron chi connectivity index (χ1n) is 10.9. The third-order valence-electron chi connectivity index (χ3n) is 5.69. The summed E-state index contributed by atoms with van der Waals surface area (Å²) in [5, 5.41) is 7.55. The van der Waals surface area contributed by atoms with Gasteiger partial charge in [-0.1, -0.05) is 75.2 Å². The van der Waals surface area contributed by atoms with Crippen LogP contribution in [0.3, 0.4) is 0 Å². The van der Waals surface area contributed by atoms with E-state index in [1.807, 2.05) is 0 Å². The minimum atomic E-state index is 0. The van der Waals surface area contributed by atoms with Crippen molar-refractivity contribution in [2.45, 2.75) is 39.5 Å². The summed E-state index contributed by atoms with van der Waals surface area (Å²) in [4.78, 5) is 0. The summed E-state index contributed by atoms with van der Waals surface area (Å²) in [6, 6.07) is 17.3. The SMILES string of the molecule is CCCc1c(OC)c2ccccc2c2c(CCC)c(OC)c3ccccc3c12.[C-]#[O+].[C-]#[O+].[C-]#[O+].[Cr]. The van der Waals surface area contributed by atoms with Crippen LogP contribution in [0.5, 0.6) is 11.5 Å². The van der Waals surface area contributed by atoms with Gasteiger partial charge in [0.15, 0.2) is 0 Å². The maximum atomic E-state index is 7.50. The fourth-order valence-electron chi connectivity index (χ4n) is 4.69. The van der Waals surface area contributed by atoms with E-state index >= 15 is 0 Å². The monoisotopic (exact) mass is 508 g/mol. The van der Waals surface area contributed by atoms with Crippen LogP contribution in [-0.4, -0.2) is 14.2 Å². The van der Waals surface area contributed by atoms with Crippen LogP contribution in [-0.2, 0) is 44.2 Å². The van der Waals surface area contributed by atoms with Gasteiger partial charge in [-0.05, 0) is 34.4 Å². The van der Waals surface area contributed by atoms with Crippen LogP contribution in [0.4, 0.5) is 0 Å². The minimum Gasteiger partial charge on any atom is 0 e. The topological polar surface area (TPSA) is 78.2 Å². The largest absolute Gasteiger partial charge is 0 e. The summed E-state index contributed by atoms with van der Waals surface area (Å²) in [5.74, 6) is 2.03. The van der Waals surface area contributed by atoms with Gasteiger partial charge in [0.2, 0.25) is 0 Å². The molecule has 4 aromatic carbocycles. The Kier molecular flexibility index (Phi) is 15.2. The molecule has 35 heavy (non-hydrogen) atoms. The second kappa shape index (κ2) is 16.6. The van der Waals surface area contributed by atoms with Crippen LogP contribution in [0.15, 0.2) is 48.5 Å². The van der Waals surface area contributed by atoms with Gasteiger partial charge in [-0.15, -0.1) is 0 Å². The number of benzene rings is 4. The summed E-state index contributed by atoms with van der Waals surface area (Å²) in [6.45, 7) is 18.0. The van der Waals surface area contributed by atoms with E-state index in [-0.39, 0.29) is 17.4 Å². The van der Waals surface area contributed by atoms with Gasteiger partial charge in [0, 0.05) is 39.3 Å². The molecule has 0 bridgehead atoms. The second-order valence-corrected chi connectivity index (χ2v) is 7.36. The van der Waals surface area contributed by atoms with Gasteiger partial charge in [-0.3, -0.25) is 0 Å². The molecule has 6 heteroatoms. The van der Waals surface area contributed by atoms with Gasteiger partial charge >= 0.3 is 33.9 Å². The van der Waals surface area contributed by atoms with Crippen LogP contribution in [0, 0.1) is 20.0 Å². The molecule has 0 saturated carbocycles. The van der Waals surface area contributed by atoms with Crippen LogP contribution in [0.2, 0.25) is 0 Å². The maximum Gasteiger partial charge on any atom is 0 e. The Labute approximate surface area is 217 Å². The molecule has 0 N–H and O–H groups in total. The first-order chi connectivity index (χ1) is 16.8. The normalized spacial score (nSPS) is 9.31.